The molecule has 2 aliphatic rings. The molecule has 2 fully saturated rings. The number of aryl methyl sites for hydroxylation is 1. The van der Waals surface area contributed by atoms with E-state index < -0.39 is 26.7 Å². The summed E-state index contributed by atoms with van der Waals surface area (Å²) in [5.74, 6) is 0.955. The van der Waals surface area contributed by atoms with Gasteiger partial charge in [-0.3, -0.25) is 0 Å². The van der Waals surface area contributed by atoms with E-state index in [1.54, 1.807) is 0 Å². The summed E-state index contributed by atoms with van der Waals surface area (Å²) >= 11 is 0. The van der Waals surface area contributed by atoms with Crippen LogP contribution in [0.1, 0.15) is 45.6 Å². The van der Waals surface area contributed by atoms with Crippen LogP contribution in [-0.4, -0.2) is 49.9 Å². The van der Waals surface area contributed by atoms with Gasteiger partial charge in [0.25, 0.3) is 8.32 Å². The van der Waals surface area contributed by atoms with Gasteiger partial charge in [-0.05, 0) is 70.8 Å². The Labute approximate surface area is 244 Å². The van der Waals surface area contributed by atoms with Crippen molar-refractivity contribution in [1.82, 2.24) is 4.98 Å². The van der Waals surface area contributed by atoms with E-state index in [0.29, 0.717) is 6.42 Å². The third kappa shape index (κ3) is 5.33. The molecule has 6 heteroatoms. The SMILES string of the molecule is CC(C)(C)[Si](O[C@@H]1[C@H](CCc2ccc3ccc(N4CCC4)nc3c2)C[C@@H](O)[C@H]1F)(c1ccccc1)c1ccccc1. The van der Waals surface area contributed by atoms with Crippen molar-refractivity contribution in [3.05, 3.63) is 96.6 Å². The summed E-state index contributed by atoms with van der Waals surface area (Å²) in [6.45, 7) is 8.77. The molecule has 1 aromatic heterocycles. The van der Waals surface area contributed by atoms with Gasteiger partial charge in [-0.1, -0.05) is 93.6 Å². The molecule has 6 rings (SSSR count). The van der Waals surface area contributed by atoms with Crippen molar-refractivity contribution < 1.29 is 13.9 Å². The summed E-state index contributed by atoms with van der Waals surface area (Å²) < 4.78 is 23.1. The smallest absolute Gasteiger partial charge is 0.261 e. The molecule has 0 unspecified atom stereocenters. The molecule has 1 N–H and O–H groups in total. The summed E-state index contributed by atoms with van der Waals surface area (Å²) in [6.07, 6.45) is 0.0651. The molecule has 2 heterocycles. The zero-order valence-electron chi connectivity index (χ0n) is 24.3. The van der Waals surface area contributed by atoms with Gasteiger partial charge in [-0.25, -0.2) is 9.37 Å². The van der Waals surface area contributed by atoms with E-state index in [0.717, 1.165) is 53.0 Å². The molecule has 1 aliphatic heterocycles. The fourth-order valence-electron chi connectivity index (χ4n) is 6.77. The number of rotatable bonds is 8. The standard InChI is InChI=1S/C35H41FN2O2Si/c1-35(2,3)41(28-11-6-4-7-12-28,29-13-8-5-9-14-29)40-34-27(24-31(39)33(34)36)18-16-25-15-17-26-19-20-32(37-30(26)23-25)38-21-10-22-38/h4-9,11-15,17,19-20,23,27,31,33-34,39H,10,16,18,21-22,24H2,1-3H3/t27-,31-,33-,34-/m1/s1. The molecule has 0 spiro atoms. The topological polar surface area (TPSA) is 45.6 Å². The van der Waals surface area contributed by atoms with Crippen LogP contribution in [0, 0.1) is 5.92 Å². The first-order chi connectivity index (χ1) is 19.8. The molecule has 0 radical (unpaired) electrons. The molecular weight excluding hydrogens is 527 g/mol. The number of pyridine rings is 1. The lowest BCUT2D eigenvalue weighted by atomic mass is 9.96. The highest BCUT2D eigenvalue weighted by atomic mass is 28.4. The maximum atomic E-state index is 15.9. The number of aromatic nitrogens is 1. The number of hydrogen-bond acceptors (Lipinski definition) is 4. The Hall–Kier alpha value is -3.06. The normalized spacial score (nSPS) is 23.1. The van der Waals surface area contributed by atoms with Crippen molar-refractivity contribution in [3.8, 4) is 0 Å². The monoisotopic (exact) mass is 568 g/mol. The zero-order chi connectivity index (χ0) is 28.6. The van der Waals surface area contributed by atoms with Gasteiger partial charge in [-0.15, -0.1) is 0 Å². The summed E-state index contributed by atoms with van der Waals surface area (Å²) in [4.78, 5) is 7.23. The second-order valence-corrected chi connectivity index (χ2v) is 17.1. The van der Waals surface area contributed by atoms with Crippen molar-refractivity contribution in [3.63, 3.8) is 0 Å². The highest BCUT2D eigenvalue weighted by molar-refractivity contribution is 6.99. The lowest BCUT2D eigenvalue weighted by molar-refractivity contribution is 0.0354. The largest absolute Gasteiger partial charge is 0.401 e. The summed E-state index contributed by atoms with van der Waals surface area (Å²) in [5, 5.41) is 13.9. The number of aliphatic hydroxyl groups is 1. The highest BCUT2D eigenvalue weighted by Crippen LogP contribution is 2.43. The van der Waals surface area contributed by atoms with Crippen molar-refractivity contribution in [2.75, 3.05) is 18.0 Å². The van der Waals surface area contributed by atoms with Gasteiger partial charge >= 0.3 is 0 Å². The summed E-state index contributed by atoms with van der Waals surface area (Å²) in [5.41, 5.74) is 2.19. The number of fused-ring (bicyclic) bond motifs is 1. The predicted octanol–water partition coefficient (Wildman–Crippen LogP) is 6.04. The number of alkyl halides is 1. The van der Waals surface area contributed by atoms with E-state index in [1.165, 1.54) is 12.0 Å². The molecule has 1 saturated heterocycles. The average molecular weight is 569 g/mol. The Morgan fingerprint density at radius 3 is 2.15 bits per heavy atom. The van der Waals surface area contributed by atoms with Gasteiger partial charge in [-0.2, -0.15) is 0 Å². The minimum atomic E-state index is -2.95. The third-order valence-electron chi connectivity index (χ3n) is 9.15. The lowest BCUT2D eigenvalue weighted by Crippen LogP contribution is -2.68. The van der Waals surface area contributed by atoms with Crippen molar-refractivity contribution in [2.45, 2.75) is 69.9 Å². The van der Waals surface area contributed by atoms with Crippen LogP contribution in [0.4, 0.5) is 10.2 Å². The number of nitrogens with zero attached hydrogens (tertiary/aromatic N) is 2. The first kappa shape index (κ1) is 28.1. The van der Waals surface area contributed by atoms with E-state index in [4.69, 9.17) is 9.41 Å². The number of hydrogen-bond donors (Lipinski definition) is 1. The van der Waals surface area contributed by atoms with Crippen LogP contribution < -0.4 is 15.3 Å². The van der Waals surface area contributed by atoms with E-state index >= 15 is 4.39 Å². The fourth-order valence-corrected chi connectivity index (χ4v) is 11.5. The molecule has 41 heavy (non-hydrogen) atoms. The number of halogens is 1. The van der Waals surface area contributed by atoms with Crippen LogP contribution in [0.2, 0.25) is 5.04 Å². The zero-order valence-corrected chi connectivity index (χ0v) is 25.3. The lowest BCUT2D eigenvalue weighted by Gasteiger charge is -2.46. The molecule has 1 saturated carbocycles. The van der Waals surface area contributed by atoms with Crippen LogP contribution in [0.5, 0.6) is 0 Å². The van der Waals surface area contributed by atoms with Crippen LogP contribution in [0.15, 0.2) is 91.0 Å². The quantitative estimate of drug-likeness (QED) is 0.263. The molecule has 1 aliphatic carbocycles. The van der Waals surface area contributed by atoms with E-state index in [2.05, 4.69) is 80.3 Å². The fraction of sp³-hybridized carbons (Fsp3) is 0.400. The van der Waals surface area contributed by atoms with Gasteiger partial charge in [0.2, 0.25) is 0 Å². The van der Waals surface area contributed by atoms with Gasteiger partial charge < -0.3 is 14.4 Å². The molecule has 4 aromatic rings. The summed E-state index contributed by atoms with van der Waals surface area (Å²) in [6, 6.07) is 31.5. The van der Waals surface area contributed by atoms with Crippen molar-refractivity contribution in [2.24, 2.45) is 5.92 Å². The molecule has 4 nitrogen and oxygen atoms in total. The maximum Gasteiger partial charge on any atom is 0.261 e. The van der Waals surface area contributed by atoms with Crippen molar-refractivity contribution >= 4 is 35.4 Å². The van der Waals surface area contributed by atoms with Crippen LogP contribution in [-0.2, 0) is 10.8 Å². The molecule has 0 bridgehead atoms. The molecule has 0 amide bonds. The summed E-state index contributed by atoms with van der Waals surface area (Å²) in [7, 11) is -2.95. The van der Waals surface area contributed by atoms with Crippen molar-refractivity contribution in [1.29, 1.82) is 0 Å². The second-order valence-electron chi connectivity index (χ2n) is 12.8. The van der Waals surface area contributed by atoms with Crippen LogP contribution in [0.3, 0.4) is 0 Å². The first-order valence-electron chi connectivity index (χ1n) is 15.0. The minimum Gasteiger partial charge on any atom is -0.401 e. The minimum absolute atomic E-state index is 0.0854. The Morgan fingerprint density at radius 2 is 1.56 bits per heavy atom. The molecule has 4 atom stereocenters. The molecule has 214 valence electrons. The Kier molecular flexibility index (Phi) is 7.75. The van der Waals surface area contributed by atoms with E-state index in [9.17, 15) is 5.11 Å². The van der Waals surface area contributed by atoms with Crippen LogP contribution >= 0.6 is 0 Å². The predicted molar refractivity (Wildman–Crippen MR) is 168 cm³/mol. The number of benzene rings is 3. The number of aliphatic hydroxyl groups excluding tert-OH is 1. The van der Waals surface area contributed by atoms with Gasteiger partial charge in [0.1, 0.15) is 5.82 Å². The van der Waals surface area contributed by atoms with Gasteiger partial charge in [0.15, 0.2) is 6.17 Å². The Balaban J connectivity index is 1.30. The Bertz CT molecular complexity index is 1430. The van der Waals surface area contributed by atoms with E-state index in [1.807, 2.05) is 36.4 Å². The average Bonchev–Trinajstić information content (AvgIpc) is 3.21. The molecule has 3 aromatic carbocycles. The first-order valence-corrected chi connectivity index (χ1v) is 16.9. The second kappa shape index (κ2) is 11.3. The van der Waals surface area contributed by atoms with Gasteiger partial charge in [0.05, 0.1) is 17.7 Å². The maximum absolute atomic E-state index is 15.9. The Morgan fingerprint density at radius 1 is 0.927 bits per heavy atom. The third-order valence-corrected chi connectivity index (χ3v) is 14.2. The van der Waals surface area contributed by atoms with Crippen LogP contribution in [0.25, 0.3) is 10.9 Å². The molecular formula is C35H41FN2O2Si. The van der Waals surface area contributed by atoms with E-state index in [-0.39, 0.29) is 11.0 Å². The van der Waals surface area contributed by atoms with Gasteiger partial charge in [0, 0.05) is 18.5 Å². The number of anilines is 1. The highest BCUT2D eigenvalue weighted by Gasteiger charge is 2.55.